The molecular weight excluding hydrogens is 400 g/mol. The van der Waals surface area contributed by atoms with Crippen molar-refractivity contribution in [2.75, 3.05) is 25.1 Å². The van der Waals surface area contributed by atoms with Crippen LogP contribution in [0.2, 0.25) is 5.02 Å². The Labute approximate surface area is 172 Å². The van der Waals surface area contributed by atoms with Gasteiger partial charge >= 0.3 is 0 Å². The third kappa shape index (κ3) is 4.20. The van der Waals surface area contributed by atoms with Crippen LogP contribution in [0.15, 0.2) is 42.5 Å². The average Bonchev–Trinajstić information content (AvgIpc) is 2.99. The van der Waals surface area contributed by atoms with Crippen molar-refractivity contribution in [1.82, 2.24) is 5.32 Å². The zero-order valence-corrected chi connectivity index (χ0v) is 16.8. The lowest BCUT2D eigenvalue weighted by Crippen LogP contribution is -2.41. The van der Waals surface area contributed by atoms with Crippen molar-refractivity contribution < 1.29 is 19.1 Å². The van der Waals surface area contributed by atoms with Crippen molar-refractivity contribution in [3.63, 3.8) is 0 Å². The Hall–Kier alpha value is -2.38. The number of halogens is 1. The molecule has 2 unspecified atom stereocenters. The Morgan fingerprint density at radius 3 is 2.75 bits per heavy atom. The molecule has 0 radical (unpaired) electrons. The molecule has 0 spiro atoms. The van der Waals surface area contributed by atoms with Gasteiger partial charge in [0.1, 0.15) is 24.2 Å². The third-order valence-corrected chi connectivity index (χ3v) is 5.87. The van der Waals surface area contributed by atoms with Crippen LogP contribution in [-0.4, -0.2) is 42.7 Å². The Bertz CT molecular complexity index is 906. The molecule has 0 aromatic heterocycles. The van der Waals surface area contributed by atoms with Crippen LogP contribution in [0.4, 0.5) is 10.5 Å². The molecular formula is C20H19ClN2O4S. The number of benzene rings is 2. The number of likely N-dealkylation sites (N-methyl/N-ethyl adjacent to an activating group) is 1. The highest BCUT2D eigenvalue weighted by atomic mass is 35.5. The maximum atomic E-state index is 11.7. The van der Waals surface area contributed by atoms with Gasteiger partial charge in [-0.05, 0) is 42.3 Å². The Balaban J connectivity index is 1.32. The fourth-order valence-corrected chi connectivity index (χ4v) is 4.27. The van der Waals surface area contributed by atoms with E-state index in [0.717, 1.165) is 34.5 Å². The zero-order valence-electron chi connectivity index (χ0n) is 15.2. The van der Waals surface area contributed by atoms with Crippen molar-refractivity contribution in [2.24, 2.45) is 0 Å². The van der Waals surface area contributed by atoms with Crippen molar-refractivity contribution in [3.8, 4) is 11.5 Å². The molecule has 6 nitrogen and oxygen atoms in total. The molecule has 2 aromatic carbocycles. The second kappa shape index (κ2) is 7.93. The zero-order chi connectivity index (χ0) is 19.7. The summed E-state index contributed by atoms with van der Waals surface area (Å²) in [6, 6.07) is 13.1. The molecule has 2 aromatic rings. The lowest BCUT2D eigenvalue weighted by Gasteiger charge is -2.33. The molecule has 28 heavy (non-hydrogen) atoms. The second-order valence-electron chi connectivity index (χ2n) is 6.77. The summed E-state index contributed by atoms with van der Waals surface area (Å²) in [6.07, 6.45) is 0.418. The summed E-state index contributed by atoms with van der Waals surface area (Å²) in [5, 5.41) is 2.34. The lowest BCUT2D eigenvalue weighted by molar-refractivity contribution is -0.118. The molecule has 0 saturated carbocycles. The van der Waals surface area contributed by atoms with E-state index in [4.69, 9.17) is 21.1 Å². The summed E-state index contributed by atoms with van der Waals surface area (Å²) < 4.78 is 11.9. The quantitative estimate of drug-likeness (QED) is 0.801. The van der Waals surface area contributed by atoms with E-state index in [1.807, 2.05) is 49.5 Å². The SMILES string of the molecule is CN1CC(COc2ccc(CC3SC(=O)NC3=O)cc2)Oc2ccc(Cl)cc21. The molecule has 2 heterocycles. The topological polar surface area (TPSA) is 67.9 Å². The molecule has 8 heteroatoms. The monoisotopic (exact) mass is 418 g/mol. The number of carbonyl (C=O) groups is 2. The van der Waals surface area contributed by atoms with Crippen LogP contribution >= 0.6 is 23.4 Å². The van der Waals surface area contributed by atoms with E-state index in [2.05, 4.69) is 10.2 Å². The van der Waals surface area contributed by atoms with Gasteiger partial charge < -0.3 is 14.4 Å². The van der Waals surface area contributed by atoms with Crippen LogP contribution in [0, 0.1) is 0 Å². The first-order valence-electron chi connectivity index (χ1n) is 8.88. The highest BCUT2D eigenvalue weighted by Gasteiger charge is 2.31. The van der Waals surface area contributed by atoms with Crippen LogP contribution in [0.25, 0.3) is 0 Å². The van der Waals surface area contributed by atoms with Gasteiger partial charge in [-0.2, -0.15) is 0 Å². The molecule has 2 aliphatic heterocycles. The summed E-state index contributed by atoms with van der Waals surface area (Å²) in [5.74, 6) is 1.30. The minimum atomic E-state index is -0.362. The first-order valence-corrected chi connectivity index (χ1v) is 10.1. The van der Waals surface area contributed by atoms with Gasteiger partial charge in [-0.15, -0.1) is 0 Å². The van der Waals surface area contributed by atoms with Crippen LogP contribution < -0.4 is 19.7 Å². The maximum Gasteiger partial charge on any atom is 0.286 e. The standard InChI is InChI=1S/C20H19ClN2O4S/c1-23-10-15(27-17-7-4-13(21)9-16(17)23)11-26-14-5-2-12(3-6-14)8-18-19(24)22-20(25)28-18/h2-7,9,15,18H,8,10-11H2,1H3,(H,22,24,25). The fraction of sp³-hybridized carbons (Fsp3) is 0.300. The maximum absolute atomic E-state index is 11.7. The molecule has 2 amide bonds. The van der Waals surface area contributed by atoms with Crippen molar-refractivity contribution in [1.29, 1.82) is 0 Å². The number of fused-ring (bicyclic) bond motifs is 1. The summed E-state index contributed by atoms with van der Waals surface area (Å²) >= 11 is 7.09. The van der Waals surface area contributed by atoms with E-state index in [1.165, 1.54) is 0 Å². The van der Waals surface area contributed by atoms with E-state index >= 15 is 0 Å². The van der Waals surface area contributed by atoms with Crippen LogP contribution in [0.3, 0.4) is 0 Å². The van der Waals surface area contributed by atoms with E-state index in [1.54, 1.807) is 0 Å². The predicted molar refractivity (Wildman–Crippen MR) is 110 cm³/mol. The Kier molecular flexibility index (Phi) is 5.37. The van der Waals surface area contributed by atoms with Crippen LogP contribution in [-0.2, 0) is 11.2 Å². The van der Waals surface area contributed by atoms with Crippen molar-refractivity contribution in [3.05, 3.63) is 53.1 Å². The number of anilines is 1. The molecule has 2 aliphatic rings. The predicted octanol–water partition coefficient (Wildman–Crippen LogP) is 3.51. The van der Waals surface area contributed by atoms with Gasteiger partial charge in [0.05, 0.1) is 17.5 Å². The van der Waals surface area contributed by atoms with E-state index in [9.17, 15) is 9.59 Å². The van der Waals surface area contributed by atoms with Crippen molar-refractivity contribution in [2.45, 2.75) is 17.8 Å². The summed E-state index contributed by atoms with van der Waals surface area (Å²) in [5.41, 5.74) is 1.95. The minimum absolute atomic E-state index is 0.0945. The van der Waals surface area contributed by atoms with Crippen LogP contribution in [0.1, 0.15) is 5.56 Å². The normalized spacial score (nSPS) is 21.1. The van der Waals surface area contributed by atoms with Gasteiger partial charge in [0.25, 0.3) is 5.24 Å². The number of rotatable bonds is 5. The molecule has 1 fully saturated rings. The number of ether oxygens (including phenoxy) is 2. The van der Waals surface area contributed by atoms with Gasteiger partial charge in [0, 0.05) is 12.1 Å². The number of carbonyl (C=O) groups excluding carboxylic acids is 2. The van der Waals surface area contributed by atoms with Crippen molar-refractivity contribution >= 4 is 40.2 Å². The third-order valence-electron chi connectivity index (χ3n) is 4.65. The molecule has 4 rings (SSSR count). The number of amides is 2. The summed E-state index contributed by atoms with van der Waals surface area (Å²) in [4.78, 5) is 25.0. The molecule has 1 N–H and O–H groups in total. The smallest absolute Gasteiger partial charge is 0.286 e. The van der Waals surface area contributed by atoms with Crippen LogP contribution in [0.5, 0.6) is 11.5 Å². The molecule has 2 atom stereocenters. The number of imide groups is 1. The molecule has 0 bridgehead atoms. The summed E-state index contributed by atoms with van der Waals surface area (Å²) in [7, 11) is 2.00. The fourth-order valence-electron chi connectivity index (χ4n) is 3.25. The molecule has 0 aliphatic carbocycles. The number of nitrogens with zero attached hydrogens (tertiary/aromatic N) is 1. The average molecular weight is 419 g/mol. The Morgan fingerprint density at radius 2 is 2.04 bits per heavy atom. The molecule has 146 valence electrons. The lowest BCUT2D eigenvalue weighted by atomic mass is 10.1. The summed E-state index contributed by atoms with van der Waals surface area (Å²) in [6.45, 7) is 1.12. The first-order chi connectivity index (χ1) is 13.5. The van der Waals surface area contributed by atoms with Gasteiger partial charge in [0.15, 0.2) is 0 Å². The number of hydrogen-bond acceptors (Lipinski definition) is 6. The van der Waals surface area contributed by atoms with Gasteiger partial charge in [-0.3, -0.25) is 14.9 Å². The molecule has 1 saturated heterocycles. The minimum Gasteiger partial charge on any atom is -0.490 e. The largest absolute Gasteiger partial charge is 0.490 e. The van der Waals surface area contributed by atoms with E-state index in [0.29, 0.717) is 24.6 Å². The number of nitrogens with one attached hydrogen (secondary N) is 1. The number of hydrogen-bond donors (Lipinski definition) is 1. The van der Waals surface area contributed by atoms with E-state index in [-0.39, 0.29) is 22.5 Å². The highest BCUT2D eigenvalue weighted by molar-refractivity contribution is 8.15. The highest BCUT2D eigenvalue weighted by Crippen LogP contribution is 2.34. The second-order valence-corrected chi connectivity index (χ2v) is 8.39. The Morgan fingerprint density at radius 1 is 1.25 bits per heavy atom. The first kappa shape index (κ1) is 19.0. The van der Waals surface area contributed by atoms with Gasteiger partial charge in [-0.25, -0.2) is 0 Å². The number of thioether (sulfide) groups is 1. The van der Waals surface area contributed by atoms with Gasteiger partial charge in [0.2, 0.25) is 5.91 Å². The van der Waals surface area contributed by atoms with Gasteiger partial charge in [-0.1, -0.05) is 35.5 Å². The van der Waals surface area contributed by atoms with E-state index < -0.39 is 0 Å².